The Labute approximate surface area is 125 Å². The Balaban J connectivity index is 1.71. The average molecular weight is 303 g/mol. The Morgan fingerprint density at radius 1 is 1.35 bits per heavy atom. The van der Waals surface area contributed by atoms with E-state index in [-0.39, 0.29) is 0 Å². The Kier molecular flexibility index (Phi) is 3.75. The molecule has 0 aliphatic heterocycles. The van der Waals surface area contributed by atoms with Gasteiger partial charge in [-0.05, 0) is 36.1 Å². The molecule has 6 heteroatoms. The number of anilines is 1. The first-order valence-corrected chi connectivity index (χ1v) is 7.99. The van der Waals surface area contributed by atoms with Gasteiger partial charge in [0.05, 0.1) is 11.3 Å². The van der Waals surface area contributed by atoms with Crippen molar-refractivity contribution in [3.8, 4) is 11.5 Å². The van der Waals surface area contributed by atoms with Crippen LogP contribution in [0.15, 0.2) is 44.4 Å². The normalized spacial score (nSPS) is 10.8. The lowest BCUT2D eigenvalue weighted by Gasteiger charge is -2.04. The summed E-state index contributed by atoms with van der Waals surface area (Å²) in [7, 11) is 0. The third-order valence-corrected chi connectivity index (χ3v) is 4.51. The quantitative estimate of drug-likeness (QED) is 0.583. The van der Waals surface area contributed by atoms with Crippen LogP contribution in [0.25, 0.3) is 11.5 Å². The van der Waals surface area contributed by atoms with E-state index in [0.717, 1.165) is 16.1 Å². The highest BCUT2D eigenvalue weighted by molar-refractivity contribution is 7.98. The van der Waals surface area contributed by atoms with E-state index < -0.39 is 0 Å². The largest absolute Gasteiger partial charge is 0.398 e. The second kappa shape index (κ2) is 5.68. The van der Waals surface area contributed by atoms with E-state index in [9.17, 15) is 0 Å². The Bertz CT molecular complexity index is 707. The number of nitrogen functional groups attached to an aromatic ring is 1. The number of hydrogen-bond donors (Lipinski definition) is 1. The van der Waals surface area contributed by atoms with Crippen LogP contribution in [-0.4, -0.2) is 10.1 Å². The molecule has 20 heavy (non-hydrogen) atoms. The molecule has 1 aromatic carbocycles. The van der Waals surface area contributed by atoms with Gasteiger partial charge in [0.1, 0.15) is 0 Å². The molecule has 2 N–H and O–H groups in total. The lowest BCUT2D eigenvalue weighted by molar-refractivity contribution is 0.425. The Morgan fingerprint density at radius 3 is 3.05 bits per heavy atom. The van der Waals surface area contributed by atoms with Crippen LogP contribution in [0, 0.1) is 6.92 Å². The Morgan fingerprint density at radius 2 is 2.25 bits per heavy atom. The zero-order chi connectivity index (χ0) is 13.9. The molecule has 0 saturated carbocycles. The molecule has 0 saturated heterocycles. The average Bonchev–Trinajstić information content (AvgIpc) is 3.09. The number of rotatable bonds is 4. The molecule has 0 aliphatic rings. The van der Waals surface area contributed by atoms with Crippen LogP contribution >= 0.6 is 23.1 Å². The van der Waals surface area contributed by atoms with Crippen molar-refractivity contribution >= 4 is 28.8 Å². The van der Waals surface area contributed by atoms with E-state index in [0.29, 0.717) is 17.5 Å². The topological polar surface area (TPSA) is 64.9 Å². The summed E-state index contributed by atoms with van der Waals surface area (Å²) in [5.41, 5.74) is 8.89. The van der Waals surface area contributed by atoms with Crippen LogP contribution in [-0.2, 0) is 5.75 Å². The van der Waals surface area contributed by atoms with Crippen molar-refractivity contribution < 1.29 is 4.52 Å². The molecule has 3 rings (SSSR count). The van der Waals surface area contributed by atoms with Crippen LogP contribution < -0.4 is 5.73 Å². The van der Waals surface area contributed by atoms with E-state index in [1.54, 1.807) is 23.1 Å². The fraction of sp³-hybridized carbons (Fsp3) is 0.143. The van der Waals surface area contributed by atoms with Crippen molar-refractivity contribution in [3.05, 3.63) is 46.4 Å². The van der Waals surface area contributed by atoms with Gasteiger partial charge < -0.3 is 10.3 Å². The van der Waals surface area contributed by atoms with Gasteiger partial charge in [0.25, 0.3) is 5.89 Å². The molecule has 2 heterocycles. The standard InChI is InChI=1S/C14H13N3OS2/c1-9-2-3-11(15)12(6-9)20-8-13-16-14(18-17-13)10-4-5-19-7-10/h2-7H,8,15H2,1H3. The van der Waals surface area contributed by atoms with Gasteiger partial charge in [-0.15, -0.1) is 11.8 Å². The van der Waals surface area contributed by atoms with Crippen LogP contribution in [0.3, 0.4) is 0 Å². The monoisotopic (exact) mass is 303 g/mol. The van der Waals surface area contributed by atoms with Gasteiger partial charge in [-0.1, -0.05) is 11.2 Å². The smallest absolute Gasteiger partial charge is 0.258 e. The maximum atomic E-state index is 5.95. The van der Waals surface area contributed by atoms with Crippen LogP contribution in [0.5, 0.6) is 0 Å². The van der Waals surface area contributed by atoms with Crippen LogP contribution in [0.4, 0.5) is 5.69 Å². The maximum Gasteiger partial charge on any atom is 0.258 e. The molecule has 2 aromatic heterocycles. The Hall–Kier alpha value is -1.79. The van der Waals surface area contributed by atoms with Crippen LogP contribution in [0.1, 0.15) is 11.4 Å². The zero-order valence-corrected chi connectivity index (χ0v) is 12.5. The molecule has 3 aromatic rings. The minimum Gasteiger partial charge on any atom is -0.398 e. The number of hydrogen-bond acceptors (Lipinski definition) is 6. The summed E-state index contributed by atoms with van der Waals surface area (Å²) in [5, 5.41) is 7.97. The van der Waals surface area contributed by atoms with Gasteiger partial charge in [-0.3, -0.25) is 0 Å². The van der Waals surface area contributed by atoms with Crippen molar-refractivity contribution in [2.24, 2.45) is 0 Å². The summed E-state index contributed by atoms with van der Waals surface area (Å²) in [6.45, 7) is 2.05. The highest BCUT2D eigenvalue weighted by Crippen LogP contribution is 2.29. The van der Waals surface area contributed by atoms with Crippen molar-refractivity contribution in [2.75, 3.05) is 5.73 Å². The fourth-order valence-electron chi connectivity index (χ4n) is 1.72. The molecule has 0 bridgehead atoms. The number of nitrogens with zero attached hydrogens (tertiary/aromatic N) is 2. The van der Waals surface area contributed by atoms with Gasteiger partial charge >= 0.3 is 0 Å². The first-order valence-electron chi connectivity index (χ1n) is 6.06. The summed E-state index contributed by atoms with van der Waals surface area (Å²) >= 11 is 3.23. The number of nitrogens with two attached hydrogens (primary N) is 1. The molecule has 0 radical (unpaired) electrons. The van der Waals surface area contributed by atoms with Crippen LogP contribution in [0.2, 0.25) is 0 Å². The van der Waals surface area contributed by atoms with Crippen molar-refractivity contribution in [1.82, 2.24) is 10.1 Å². The maximum absolute atomic E-state index is 5.95. The minimum absolute atomic E-state index is 0.569. The second-order valence-electron chi connectivity index (χ2n) is 4.36. The third kappa shape index (κ3) is 2.86. The number of aryl methyl sites for hydroxylation is 1. The van der Waals surface area contributed by atoms with E-state index >= 15 is 0 Å². The molecule has 0 unspecified atom stereocenters. The lowest BCUT2D eigenvalue weighted by Crippen LogP contribution is -1.90. The number of thioether (sulfide) groups is 1. The SMILES string of the molecule is Cc1ccc(N)c(SCc2noc(-c3ccsc3)n2)c1. The molecule has 4 nitrogen and oxygen atoms in total. The van der Waals surface area contributed by atoms with Gasteiger partial charge in [-0.25, -0.2) is 0 Å². The molecule has 0 aliphatic carbocycles. The lowest BCUT2D eigenvalue weighted by atomic mass is 10.2. The first kappa shape index (κ1) is 13.2. The van der Waals surface area contributed by atoms with Crippen molar-refractivity contribution in [2.45, 2.75) is 17.6 Å². The second-order valence-corrected chi connectivity index (χ2v) is 6.15. The van der Waals surface area contributed by atoms with Gasteiger partial charge in [0.15, 0.2) is 5.82 Å². The van der Waals surface area contributed by atoms with E-state index in [1.165, 1.54) is 5.56 Å². The molecule has 0 amide bonds. The molecular formula is C14H13N3OS2. The van der Waals surface area contributed by atoms with E-state index in [1.807, 2.05) is 35.9 Å². The summed E-state index contributed by atoms with van der Waals surface area (Å²) in [4.78, 5) is 5.44. The van der Waals surface area contributed by atoms with Gasteiger partial charge in [-0.2, -0.15) is 16.3 Å². The predicted molar refractivity (Wildman–Crippen MR) is 82.8 cm³/mol. The van der Waals surface area contributed by atoms with E-state index in [4.69, 9.17) is 10.3 Å². The van der Waals surface area contributed by atoms with Gasteiger partial charge in [0.2, 0.25) is 0 Å². The summed E-state index contributed by atoms with van der Waals surface area (Å²) in [6.07, 6.45) is 0. The van der Waals surface area contributed by atoms with Gasteiger partial charge in [0, 0.05) is 16.0 Å². The summed E-state index contributed by atoms with van der Waals surface area (Å²) < 4.78 is 5.25. The predicted octanol–water partition coefficient (Wildman–Crippen LogP) is 3.98. The van der Waals surface area contributed by atoms with Crippen molar-refractivity contribution in [3.63, 3.8) is 0 Å². The molecule has 102 valence electrons. The highest BCUT2D eigenvalue weighted by Gasteiger charge is 2.10. The molecular weight excluding hydrogens is 290 g/mol. The number of aromatic nitrogens is 2. The first-order chi connectivity index (χ1) is 9.72. The minimum atomic E-state index is 0.569. The molecule has 0 atom stereocenters. The third-order valence-electron chi connectivity index (χ3n) is 2.76. The number of benzene rings is 1. The summed E-state index contributed by atoms with van der Waals surface area (Å²) in [6, 6.07) is 7.96. The van der Waals surface area contributed by atoms with E-state index in [2.05, 4.69) is 16.2 Å². The highest BCUT2D eigenvalue weighted by atomic mass is 32.2. The zero-order valence-electron chi connectivity index (χ0n) is 10.9. The van der Waals surface area contributed by atoms with Crippen molar-refractivity contribution in [1.29, 1.82) is 0 Å². The summed E-state index contributed by atoms with van der Waals surface area (Å²) in [5.74, 6) is 1.89. The molecule has 0 fully saturated rings. The molecule has 0 spiro atoms. The fourth-order valence-corrected chi connectivity index (χ4v) is 3.26. The number of thiophene rings is 1.